The normalized spacial score (nSPS) is 20.1. The molecule has 1 saturated carbocycles. The molecule has 0 atom stereocenters. The Morgan fingerprint density at radius 2 is 1.56 bits per heavy atom. The number of hydrogen-bond donors (Lipinski definition) is 6. The Hall–Kier alpha value is -1.63. The summed E-state index contributed by atoms with van der Waals surface area (Å²) in [6.07, 6.45) is 2.97. The molecule has 1 aliphatic rings. The first kappa shape index (κ1) is 23.4. The molecular formula is C19H31BN2O5. The summed E-state index contributed by atoms with van der Waals surface area (Å²) in [6, 6.07) is 6.99. The SMILES string of the molecule is CC(C)(O)C(C)(C)O.N#Cc1ccc(B(O)O)cc1NC1CCC(O)CC1. The van der Waals surface area contributed by atoms with Gasteiger partial charge in [-0.2, -0.15) is 5.26 Å². The molecule has 0 bridgehead atoms. The Morgan fingerprint density at radius 3 is 1.96 bits per heavy atom. The van der Waals surface area contributed by atoms with Crippen LogP contribution < -0.4 is 10.8 Å². The van der Waals surface area contributed by atoms with Crippen molar-refractivity contribution in [2.45, 2.75) is 76.7 Å². The van der Waals surface area contributed by atoms with Gasteiger partial charge >= 0.3 is 7.12 Å². The van der Waals surface area contributed by atoms with Gasteiger partial charge in [0.15, 0.2) is 0 Å². The van der Waals surface area contributed by atoms with Gasteiger partial charge in [0.1, 0.15) is 6.07 Å². The van der Waals surface area contributed by atoms with E-state index in [-0.39, 0.29) is 12.1 Å². The summed E-state index contributed by atoms with van der Waals surface area (Å²) < 4.78 is 0. The standard InChI is InChI=1S/C13H17BN2O3.C6H14O2/c15-8-9-1-2-10(14(18)19)7-13(9)16-11-3-5-12(17)6-4-11;1-5(2,7)6(3,4)8/h1-2,7,11-12,16-19H,3-6H2;7-8H,1-4H3. The molecule has 0 spiro atoms. The van der Waals surface area contributed by atoms with Gasteiger partial charge in [0.25, 0.3) is 0 Å². The van der Waals surface area contributed by atoms with E-state index in [1.807, 2.05) is 0 Å². The topological polar surface area (TPSA) is 137 Å². The van der Waals surface area contributed by atoms with Gasteiger partial charge in [0, 0.05) is 6.04 Å². The van der Waals surface area contributed by atoms with E-state index < -0.39 is 18.3 Å². The number of rotatable bonds is 4. The van der Waals surface area contributed by atoms with E-state index in [2.05, 4.69) is 11.4 Å². The van der Waals surface area contributed by atoms with Crippen LogP contribution in [0.3, 0.4) is 0 Å². The summed E-state index contributed by atoms with van der Waals surface area (Å²) in [5.74, 6) is 0. The first-order valence-electron chi connectivity index (χ1n) is 9.14. The molecule has 0 amide bonds. The lowest BCUT2D eigenvalue weighted by Gasteiger charge is -2.31. The van der Waals surface area contributed by atoms with E-state index >= 15 is 0 Å². The van der Waals surface area contributed by atoms with Crippen molar-refractivity contribution in [2.75, 3.05) is 5.32 Å². The molecule has 0 aliphatic heterocycles. The Bertz CT molecular complexity index is 627. The zero-order valence-electron chi connectivity index (χ0n) is 16.5. The van der Waals surface area contributed by atoms with Crippen LogP contribution in [0.4, 0.5) is 5.69 Å². The van der Waals surface area contributed by atoms with E-state index in [0.717, 1.165) is 25.7 Å². The first-order chi connectivity index (χ1) is 12.3. The monoisotopic (exact) mass is 378 g/mol. The average Bonchev–Trinajstić information content (AvgIpc) is 2.55. The fourth-order valence-corrected chi connectivity index (χ4v) is 2.38. The van der Waals surface area contributed by atoms with Crippen LogP contribution in [0.25, 0.3) is 0 Å². The van der Waals surface area contributed by atoms with Crippen LogP contribution in [0.5, 0.6) is 0 Å². The molecule has 0 saturated heterocycles. The highest BCUT2D eigenvalue weighted by Crippen LogP contribution is 2.23. The zero-order chi connectivity index (χ0) is 20.8. The molecule has 0 unspecified atom stereocenters. The molecule has 0 heterocycles. The van der Waals surface area contributed by atoms with Crippen LogP contribution in [-0.2, 0) is 0 Å². The van der Waals surface area contributed by atoms with Crippen molar-refractivity contribution in [1.82, 2.24) is 0 Å². The minimum absolute atomic E-state index is 0.210. The number of aliphatic hydroxyl groups excluding tert-OH is 1. The first-order valence-corrected chi connectivity index (χ1v) is 9.14. The van der Waals surface area contributed by atoms with Crippen molar-refractivity contribution < 1.29 is 25.4 Å². The van der Waals surface area contributed by atoms with E-state index in [1.54, 1.807) is 39.8 Å². The second-order valence-corrected chi connectivity index (χ2v) is 8.06. The third kappa shape index (κ3) is 7.49. The van der Waals surface area contributed by atoms with Crippen LogP contribution in [0.1, 0.15) is 58.9 Å². The molecule has 1 fully saturated rings. The van der Waals surface area contributed by atoms with Gasteiger partial charge < -0.3 is 30.7 Å². The van der Waals surface area contributed by atoms with Crippen LogP contribution in [0.15, 0.2) is 18.2 Å². The Labute approximate surface area is 161 Å². The molecule has 1 aromatic carbocycles. The van der Waals surface area contributed by atoms with E-state index in [0.29, 0.717) is 16.7 Å². The molecule has 6 N–H and O–H groups in total. The lowest BCUT2D eigenvalue weighted by molar-refractivity contribution is -0.107. The summed E-state index contributed by atoms with van der Waals surface area (Å²) in [5, 5.41) is 58.3. The minimum Gasteiger partial charge on any atom is -0.423 e. The molecule has 0 aromatic heterocycles. The summed E-state index contributed by atoms with van der Waals surface area (Å²) in [4.78, 5) is 0. The van der Waals surface area contributed by atoms with E-state index in [1.165, 1.54) is 6.07 Å². The van der Waals surface area contributed by atoms with Crippen molar-refractivity contribution in [3.63, 3.8) is 0 Å². The lowest BCUT2D eigenvalue weighted by Crippen LogP contribution is -2.44. The van der Waals surface area contributed by atoms with Gasteiger partial charge in [-0.25, -0.2) is 0 Å². The Morgan fingerprint density at radius 1 is 1.04 bits per heavy atom. The third-order valence-corrected chi connectivity index (χ3v) is 5.02. The molecule has 8 heteroatoms. The molecule has 27 heavy (non-hydrogen) atoms. The quantitative estimate of drug-likeness (QED) is 0.419. The fourth-order valence-electron chi connectivity index (χ4n) is 2.38. The number of anilines is 1. The van der Waals surface area contributed by atoms with Crippen LogP contribution in [-0.4, -0.2) is 55.8 Å². The average molecular weight is 378 g/mol. The summed E-state index contributed by atoms with van der Waals surface area (Å²) in [7, 11) is -1.54. The van der Waals surface area contributed by atoms with Crippen molar-refractivity contribution in [3.8, 4) is 6.07 Å². The maximum absolute atomic E-state index is 9.46. The van der Waals surface area contributed by atoms with Gasteiger partial charge in [-0.05, 0) is 71.0 Å². The summed E-state index contributed by atoms with van der Waals surface area (Å²) in [6.45, 7) is 6.31. The lowest BCUT2D eigenvalue weighted by atomic mass is 9.79. The van der Waals surface area contributed by atoms with Crippen molar-refractivity contribution in [3.05, 3.63) is 23.8 Å². The zero-order valence-corrected chi connectivity index (χ0v) is 16.5. The number of benzene rings is 1. The van der Waals surface area contributed by atoms with Gasteiger partial charge in [-0.3, -0.25) is 0 Å². The Kier molecular flexibility index (Phi) is 8.27. The highest BCUT2D eigenvalue weighted by atomic mass is 16.4. The second kappa shape index (κ2) is 9.53. The van der Waals surface area contributed by atoms with Crippen LogP contribution >= 0.6 is 0 Å². The van der Waals surface area contributed by atoms with Gasteiger partial charge in [0.2, 0.25) is 0 Å². The number of aliphatic hydroxyl groups is 3. The molecule has 1 aromatic rings. The predicted octanol–water partition coefficient (Wildman–Crippen LogP) is 0.482. The molecule has 2 rings (SSSR count). The molecule has 7 nitrogen and oxygen atoms in total. The van der Waals surface area contributed by atoms with Gasteiger partial charge in [-0.1, -0.05) is 6.07 Å². The second-order valence-electron chi connectivity index (χ2n) is 8.06. The molecule has 0 radical (unpaired) electrons. The van der Waals surface area contributed by atoms with E-state index in [9.17, 15) is 5.11 Å². The summed E-state index contributed by atoms with van der Waals surface area (Å²) in [5.41, 5.74) is -0.553. The predicted molar refractivity (Wildman–Crippen MR) is 105 cm³/mol. The maximum Gasteiger partial charge on any atom is 0.488 e. The highest BCUT2D eigenvalue weighted by Gasteiger charge is 2.32. The smallest absolute Gasteiger partial charge is 0.423 e. The van der Waals surface area contributed by atoms with E-state index in [4.69, 9.17) is 25.5 Å². The fraction of sp³-hybridized carbons (Fsp3) is 0.632. The number of nitriles is 1. The highest BCUT2D eigenvalue weighted by molar-refractivity contribution is 6.58. The largest absolute Gasteiger partial charge is 0.488 e. The van der Waals surface area contributed by atoms with Gasteiger partial charge in [0.05, 0.1) is 28.6 Å². The van der Waals surface area contributed by atoms with Crippen molar-refractivity contribution in [1.29, 1.82) is 5.26 Å². The molecule has 150 valence electrons. The van der Waals surface area contributed by atoms with Gasteiger partial charge in [-0.15, -0.1) is 0 Å². The van der Waals surface area contributed by atoms with Crippen LogP contribution in [0, 0.1) is 11.3 Å². The molecular weight excluding hydrogens is 347 g/mol. The summed E-state index contributed by atoms with van der Waals surface area (Å²) >= 11 is 0. The van der Waals surface area contributed by atoms with Crippen molar-refractivity contribution in [2.24, 2.45) is 0 Å². The molecule has 1 aliphatic carbocycles. The number of nitrogens with zero attached hydrogens (tertiary/aromatic N) is 1. The number of nitrogens with one attached hydrogen (secondary N) is 1. The van der Waals surface area contributed by atoms with Crippen LogP contribution in [0.2, 0.25) is 0 Å². The minimum atomic E-state index is -1.54. The third-order valence-electron chi connectivity index (χ3n) is 5.02. The number of hydrogen-bond acceptors (Lipinski definition) is 7. The van der Waals surface area contributed by atoms with Crippen molar-refractivity contribution >= 4 is 18.3 Å². The maximum atomic E-state index is 9.46. The Balaban J connectivity index is 0.000000387.